The van der Waals surface area contributed by atoms with Gasteiger partial charge >= 0.3 is 0 Å². The van der Waals surface area contributed by atoms with Crippen LogP contribution in [0.3, 0.4) is 0 Å². The van der Waals surface area contributed by atoms with Gasteiger partial charge in [0, 0.05) is 25.1 Å². The number of benzene rings is 2. The largest absolute Gasteiger partial charge is 0.335 e. The van der Waals surface area contributed by atoms with Gasteiger partial charge in [0.2, 0.25) is 11.8 Å². The molecule has 0 aliphatic rings. The molecule has 4 heteroatoms. The van der Waals surface area contributed by atoms with E-state index in [1.165, 1.54) is 24.8 Å². The van der Waals surface area contributed by atoms with E-state index in [2.05, 4.69) is 19.2 Å². The molecule has 0 aliphatic heterocycles. The lowest BCUT2D eigenvalue weighted by Crippen LogP contribution is -2.36. The van der Waals surface area contributed by atoms with Crippen molar-refractivity contribution in [3.05, 3.63) is 65.7 Å². The van der Waals surface area contributed by atoms with Gasteiger partial charge in [-0.2, -0.15) is 0 Å². The molecule has 0 saturated carbocycles. The third-order valence-corrected chi connectivity index (χ3v) is 5.79. The van der Waals surface area contributed by atoms with Crippen LogP contribution in [-0.4, -0.2) is 23.3 Å². The highest BCUT2D eigenvalue weighted by molar-refractivity contribution is 5.91. The van der Waals surface area contributed by atoms with Crippen molar-refractivity contribution in [2.75, 3.05) is 11.9 Å². The van der Waals surface area contributed by atoms with E-state index < -0.39 is 0 Å². The molecule has 0 fully saturated rings. The number of aryl methyl sites for hydroxylation is 1. The van der Waals surface area contributed by atoms with E-state index in [0.717, 1.165) is 30.5 Å². The van der Waals surface area contributed by atoms with E-state index in [9.17, 15) is 9.59 Å². The molecule has 0 aliphatic carbocycles. The second-order valence-corrected chi connectivity index (χ2v) is 8.19. The molecule has 1 atom stereocenters. The minimum Gasteiger partial charge on any atom is -0.335 e. The summed E-state index contributed by atoms with van der Waals surface area (Å²) in [5, 5.41) is 2.96. The number of amides is 2. The van der Waals surface area contributed by atoms with Crippen LogP contribution in [0.2, 0.25) is 0 Å². The molecular weight excluding hydrogens is 384 g/mol. The minimum atomic E-state index is -0.0646. The molecule has 4 nitrogen and oxygen atoms in total. The average Bonchev–Trinajstić information content (AvgIpc) is 2.80. The third-order valence-electron chi connectivity index (χ3n) is 5.79. The zero-order valence-corrected chi connectivity index (χ0v) is 19.4. The lowest BCUT2D eigenvalue weighted by Gasteiger charge is -2.30. The molecule has 1 unspecified atom stereocenters. The van der Waals surface area contributed by atoms with Crippen LogP contribution in [0.1, 0.15) is 82.9 Å². The topological polar surface area (TPSA) is 49.4 Å². The number of unbranched alkanes of at least 4 members (excludes halogenated alkanes) is 4. The fraction of sp³-hybridized carbons (Fsp3) is 0.481. The van der Waals surface area contributed by atoms with Crippen molar-refractivity contribution in [1.82, 2.24) is 4.90 Å². The number of carbonyl (C=O) groups excluding carboxylic acids is 2. The Morgan fingerprint density at radius 3 is 2.19 bits per heavy atom. The summed E-state index contributed by atoms with van der Waals surface area (Å²) < 4.78 is 0. The van der Waals surface area contributed by atoms with Gasteiger partial charge in [-0.05, 0) is 43.0 Å². The molecular formula is C27H38N2O2. The van der Waals surface area contributed by atoms with Gasteiger partial charge in [0.25, 0.3) is 0 Å². The molecule has 168 valence electrons. The van der Waals surface area contributed by atoms with Crippen molar-refractivity contribution in [1.29, 1.82) is 0 Å². The van der Waals surface area contributed by atoms with Crippen LogP contribution in [-0.2, 0) is 16.0 Å². The van der Waals surface area contributed by atoms with Gasteiger partial charge in [0.05, 0.1) is 6.04 Å². The predicted octanol–water partition coefficient (Wildman–Crippen LogP) is 6.53. The van der Waals surface area contributed by atoms with Gasteiger partial charge in [-0.25, -0.2) is 0 Å². The second-order valence-electron chi connectivity index (χ2n) is 8.19. The van der Waals surface area contributed by atoms with Crippen molar-refractivity contribution in [2.24, 2.45) is 0 Å². The Balaban J connectivity index is 1.96. The summed E-state index contributed by atoms with van der Waals surface area (Å²) in [7, 11) is 0. The van der Waals surface area contributed by atoms with Crippen LogP contribution in [0.25, 0.3) is 0 Å². The van der Waals surface area contributed by atoms with E-state index in [-0.39, 0.29) is 24.3 Å². The summed E-state index contributed by atoms with van der Waals surface area (Å²) >= 11 is 0. The van der Waals surface area contributed by atoms with Crippen molar-refractivity contribution in [3.63, 3.8) is 0 Å². The van der Waals surface area contributed by atoms with Gasteiger partial charge in [0.1, 0.15) is 0 Å². The molecule has 2 rings (SSSR count). The molecule has 0 saturated heterocycles. The molecule has 2 aromatic carbocycles. The maximum atomic E-state index is 13.0. The fourth-order valence-electron chi connectivity index (χ4n) is 3.74. The third kappa shape index (κ3) is 8.56. The summed E-state index contributed by atoms with van der Waals surface area (Å²) in [6, 6.07) is 17.9. The maximum absolute atomic E-state index is 13.0. The number of nitrogens with one attached hydrogen (secondary N) is 1. The molecule has 0 radical (unpaired) electrons. The van der Waals surface area contributed by atoms with E-state index in [1.54, 1.807) is 0 Å². The number of rotatable bonds is 13. The van der Waals surface area contributed by atoms with Gasteiger partial charge in [-0.3, -0.25) is 9.59 Å². The highest BCUT2D eigenvalue weighted by Gasteiger charge is 2.22. The Bertz CT molecular complexity index is 787. The van der Waals surface area contributed by atoms with E-state index >= 15 is 0 Å². The molecule has 0 bridgehead atoms. The monoisotopic (exact) mass is 422 g/mol. The Kier molecular flexibility index (Phi) is 10.8. The van der Waals surface area contributed by atoms with Crippen LogP contribution in [0.15, 0.2) is 54.6 Å². The van der Waals surface area contributed by atoms with Crippen LogP contribution >= 0.6 is 0 Å². The number of hydrogen-bond acceptors (Lipinski definition) is 2. The van der Waals surface area contributed by atoms with E-state index in [4.69, 9.17) is 0 Å². The standard InChI is InChI=1S/C27H38N2O2/c1-4-6-7-8-12-15-27(31)29(22(3)24-13-10-9-11-14-24)21-20-26(30)28-25-18-16-23(5-2)17-19-25/h9-11,13-14,16-19,22H,4-8,12,15,20-21H2,1-3H3,(H,28,30). The molecule has 31 heavy (non-hydrogen) atoms. The van der Waals surface area contributed by atoms with E-state index in [1.807, 2.05) is 66.4 Å². The highest BCUT2D eigenvalue weighted by atomic mass is 16.2. The molecule has 0 aromatic heterocycles. The summed E-state index contributed by atoms with van der Waals surface area (Å²) in [5.74, 6) is 0.0678. The summed E-state index contributed by atoms with van der Waals surface area (Å²) in [5.41, 5.74) is 3.13. The normalized spacial score (nSPS) is 11.7. The SMILES string of the molecule is CCCCCCCC(=O)N(CCC(=O)Nc1ccc(CC)cc1)C(C)c1ccccc1. The Morgan fingerprint density at radius 1 is 0.871 bits per heavy atom. The summed E-state index contributed by atoms with van der Waals surface area (Å²) in [6.07, 6.45) is 7.39. The first kappa shape index (κ1) is 24.6. The van der Waals surface area contributed by atoms with Crippen LogP contribution in [0.4, 0.5) is 5.69 Å². The molecule has 1 N–H and O–H groups in total. The maximum Gasteiger partial charge on any atom is 0.226 e. The molecule has 2 amide bonds. The Morgan fingerprint density at radius 2 is 1.55 bits per heavy atom. The first-order valence-electron chi connectivity index (χ1n) is 11.8. The van der Waals surface area contributed by atoms with Crippen molar-refractivity contribution >= 4 is 17.5 Å². The molecule has 0 spiro atoms. The van der Waals surface area contributed by atoms with Crippen LogP contribution in [0.5, 0.6) is 0 Å². The minimum absolute atomic E-state index is 0.0546. The number of anilines is 1. The Labute approximate surface area is 188 Å². The number of carbonyl (C=O) groups is 2. The van der Waals surface area contributed by atoms with Gasteiger partial charge in [0.15, 0.2) is 0 Å². The molecule has 2 aromatic rings. The first-order chi connectivity index (χ1) is 15.0. The second kappa shape index (κ2) is 13.6. The smallest absolute Gasteiger partial charge is 0.226 e. The number of nitrogens with zero attached hydrogens (tertiary/aromatic N) is 1. The first-order valence-corrected chi connectivity index (χ1v) is 11.8. The predicted molar refractivity (Wildman–Crippen MR) is 129 cm³/mol. The summed E-state index contributed by atoms with van der Waals surface area (Å²) in [4.78, 5) is 27.4. The van der Waals surface area contributed by atoms with Crippen LogP contribution in [0, 0.1) is 0 Å². The lowest BCUT2D eigenvalue weighted by atomic mass is 10.0. The van der Waals surface area contributed by atoms with Gasteiger partial charge < -0.3 is 10.2 Å². The van der Waals surface area contributed by atoms with Gasteiger partial charge in [-0.15, -0.1) is 0 Å². The fourth-order valence-corrected chi connectivity index (χ4v) is 3.74. The zero-order chi connectivity index (χ0) is 22.5. The van der Waals surface area contributed by atoms with E-state index in [0.29, 0.717) is 13.0 Å². The van der Waals surface area contributed by atoms with Crippen molar-refractivity contribution in [2.45, 2.75) is 78.2 Å². The molecule has 0 heterocycles. The lowest BCUT2D eigenvalue weighted by molar-refractivity contribution is -0.134. The number of hydrogen-bond donors (Lipinski definition) is 1. The quantitative estimate of drug-likeness (QED) is 0.373. The zero-order valence-electron chi connectivity index (χ0n) is 19.4. The Hall–Kier alpha value is -2.62. The van der Waals surface area contributed by atoms with Crippen molar-refractivity contribution in [3.8, 4) is 0 Å². The van der Waals surface area contributed by atoms with Crippen LogP contribution < -0.4 is 5.32 Å². The highest BCUT2D eigenvalue weighted by Crippen LogP contribution is 2.22. The van der Waals surface area contributed by atoms with Gasteiger partial charge in [-0.1, -0.05) is 82.0 Å². The summed E-state index contributed by atoms with van der Waals surface area (Å²) in [6.45, 7) is 6.77. The average molecular weight is 423 g/mol. The van der Waals surface area contributed by atoms with Crippen molar-refractivity contribution < 1.29 is 9.59 Å².